The Morgan fingerprint density at radius 1 is 1.16 bits per heavy atom. The Morgan fingerprint density at radius 3 is 2.55 bits per heavy atom. The van der Waals surface area contributed by atoms with Gasteiger partial charge >= 0.3 is 0 Å². The van der Waals surface area contributed by atoms with E-state index < -0.39 is 5.82 Å². The molecule has 1 aromatic heterocycles. The second kappa shape index (κ2) is 9.62. The third-order valence-electron chi connectivity index (χ3n) is 5.72. The summed E-state index contributed by atoms with van der Waals surface area (Å²) >= 11 is 0. The largest absolute Gasteiger partial charge is 0.435 e. The zero-order valence-electron chi connectivity index (χ0n) is 18.2. The SMILES string of the molecule is CC[C@@H](O)CN(Cc1c(C)nn(-c2ccccc2)c1Oc1ccccc1F)CC1CC1. The van der Waals surface area contributed by atoms with E-state index in [1.54, 1.807) is 22.9 Å². The summed E-state index contributed by atoms with van der Waals surface area (Å²) in [6.07, 6.45) is 2.81. The lowest BCUT2D eigenvalue weighted by atomic mass is 10.2. The maximum atomic E-state index is 14.4. The maximum absolute atomic E-state index is 14.4. The quantitative estimate of drug-likeness (QED) is 0.493. The van der Waals surface area contributed by atoms with Gasteiger partial charge in [-0.1, -0.05) is 37.3 Å². The third kappa shape index (κ3) is 5.32. The standard InChI is InChI=1S/C25H30FN3O2/c1-3-21(30)16-28(15-19-13-14-19)17-22-18(2)27-29(20-9-5-4-6-10-20)25(22)31-24-12-8-7-11-23(24)26/h4-12,19,21,30H,3,13-17H2,1-2H3/t21-/m1/s1. The fourth-order valence-electron chi connectivity index (χ4n) is 3.72. The molecule has 0 unspecified atom stereocenters. The lowest BCUT2D eigenvalue weighted by molar-refractivity contribution is 0.102. The molecule has 5 nitrogen and oxygen atoms in total. The highest BCUT2D eigenvalue weighted by atomic mass is 19.1. The second-order valence-corrected chi connectivity index (χ2v) is 8.35. The summed E-state index contributed by atoms with van der Waals surface area (Å²) in [5.74, 6) is 0.955. The first-order chi connectivity index (χ1) is 15.0. The second-order valence-electron chi connectivity index (χ2n) is 8.35. The van der Waals surface area contributed by atoms with Crippen molar-refractivity contribution >= 4 is 0 Å². The number of hydrogen-bond acceptors (Lipinski definition) is 4. The maximum Gasteiger partial charge on any atom is 0.227 e. The summed E-state index contributed by atoms with van der Waals surface area (Å²) < 4.78 is 22.3. The lowest BCUT2D eigenvalue weighted by Gasteiger charge is -2.25. The molecule has 1 N–H and O–H groups in total. The summed E-state index contributed by atoms with van der Waals surface area (Å²) in [5, 5.41) is 15.0. The van der Waals surface area contributed by atoms with E-state index in [-0.39, 0.29) is 11.9 Å². The van der Waals surface area contributed by atoms with Crippen LogP contribution in [0, 0.1) is 18.7 Å². The normalized spacial score (nSPS) is 14.7. The third-order valence-corrected chi connectivity index (χ3v) is 5.72. The van der Waals surface area contributed by atoms with Gasteiger partial charge in [-0.3, -0.25) is 4.90 Å². The Balaban J connectivity index is 1.71. The van der Waals surface area contributed by atoms with Crippen molar-refractivity contribution in [1.29, 1.82) is 0 Å². The zero-order chi connectivity index (χ0) is 21.8. The van der Waals surface area contributed by atoms with Crippen LogP contribution >= 0.6 is 0 Å². The van der Waals surface area contributed by atoms with Crippen LogP contribution in [0.15, 0.2) is 54.6 Å². The predicted molar refractivity (Wildman–Crippen MR) is 119 cm³/mol. The average molecular weight is 424 g/mol. The molecule has 1 atom stereocenters. The van der Waals surface area contributed by atoms with Crippen LogP contribution in [-0.4, -0.2) is 39.0 Å². The van der Waals surface area contributed by atoms with Crippen molar-refractivity contribution in [3.63, 3.8) is 0 Å². The summed E-state index contributed by atoms with van der Waals surface area (Å²) in [7, 11) is 0. The van der Waals surface area contributed by atoms with Gasteiger partial charge in [0.1, 0.15) is 0 Å². The molecule has 0 radical (unpaired) electrons. The number of aliphatic hydroxyl groups excluding tert-OH is 1. The van der Waals surface area contributed by atoms with Gasteiger partial charge in [0.05, 0.1) is 23.0 Å². The highest BCUT2D eigenvalue weighted by Gasteiger charge is 2.28. The Labute approximate surface area is 183 Å². The van der Waals surface area contributed by atoms with Crippen molar-refractivity contribution in [2.45, 2.75) is 45.8 Å². The Kier molecular flexibility index (Phi) is 6.68. The molecule has 164 valence electrons. The van der Waals surface area contributed by atoms with Gasteiger partial charge in [-0.25, -0.2) is 9.07 Å². The number of hydrogen-bond donors (Lipinski definition) is 1. The number of halogens is 1. The van der Waals surface area contributed by atoms with Crippen molar-refractivity contribution in [1.82, 2.24) is 14.7 Å². The lowest BCUT2D eigenvalue weighted by Crippen LogP contribution is -2.33. The van der Waals surface area contributed by atoms with Crippen LogP contribution < -0.4 is 4.74 Å². The molecule has 1 saturated carbocycles. The number of aliphatic hydroxyl groups is 1. The topological polar surface area (TPSA) is 50.5 Å². The average Bonchev–Trinajstić information content (AvgIpc) is 3.54. The van der Waals surface area contributed by atoms with Gasteiger partial charge in [0, 0.05) is 19.6 Å². The van der Waals surface area contributed by atoms with Gasteiger partial charge in [-0.15, -0.1) is 0 Å². The van der Waals surface area contributed by atoms with Gasteiger partial charge < -0.3 is 9.84 Å². The summed E-state index contributed by atoms with van der Waals surface area (Å²) in [5.41, 5.74) is 2.60. The molecule has 0 amide bonds. The molecule has 1 aliphatic carbocycles. The molecule has 0 bridgehead atoms. The molecule has 0 spiro atoms. The predicted octanol–water partition coefficient (Wildman–Crippen LogP) is 5.10. The Hall–Kier alpha value is -2.70. The van der Waals surface area contributed by atoms with E-state index in [9.17, 15) is 9.50 Å². The van der Waals surface area contributed by atoms with Crippen LogP contribution in [0.3, 0.4) is 0 Å². The minimum Gasteiger partial charge on any atom is -0.435 e. The number of aromatic nitrogens is 2. The van der Waals surface area contributed by atoms with Crippen LogP contribution in [-0.2, 0) is 6.54 Å². The molecule has 3 aromatic rings. The molecule has 1 aliphatic rings. The van der Waals surface area contributed by atoms with Crippen molar-refractivity contribution in [3.8, 4) is 17.3 Å². The molecule has 0 aliphatic heterocycles. The number of para-hydroxylation sites is 2. The number of rotatable bonds is 10. The number of benzene rings is 2. The van der Waals surface area contributed by atoms with E-state index in [0.29, 0.717) is 31.3 Å². The van der Waals surface area contributed by atoms with Crippen LogP contribution in [0.4, 0.5) is 4.39 Å². The van der Waals surface area contributed by atoms with Gasteiger partial charge in [-0.05, 0) is 56.4 Å². The fourth-order valence-corrected chi connectivity index (χ4v) is 3.72. The first-order valence-corrected chi connectivity index (χ1v) is 11.0. The monoisotopic (exact) mass is 423 g/mol. The molecule has 4 rings (SSSR count). The van der Waals surface area contributed by atoms with Crippen molar-refractivity contribution in [2.75, 3.05) is 13.1 Å². The minimum absolute atomic E-state index is 0.170. The first kappa shape index (κ1) is 21.5. The van der Waals surface area contributed by atoms with E-state index in [2.05, 4.69) is 4.90 Å². The first-order valence-electron chi connectivity index (χ1n) is 11.0. The minimum atomic E-state index is -0.414. The highest BCUT2D eigenvalue weighted by molar-refractivity contribution is 5.43. The number of ether oxygens (including phenoxy) is 1. The summed E-state index contributed by atoms with van der Waals surface area (Å²) in [6.45, 7) is 6.07. The van der Waals surface area contributed by atoms with E-state index in [1.165, 1.54) is 18.9 Å². The van der Waals surface area contributed by atoms with Gasteiger partial charge in [0.25, 0.3) is 0 Å². The molecule has 1 heterocycles. The van der Waals surface area contributed by atoms with Crippen molar-refractivity contribution < 1.29 is 14.2 Å². The highest BCUT2D eigenvalue weighted by Crippen LogP contribution is 2.34. The Bertz CT molecular complexity index is 1000. The number of aryl methyl sites for hydroxylation is 1. The molecule has 2 aromatic carbocycles. The van der Waals surface area contributed by atoms with E-state index in [1.807, 2.05) is 44.2 Å². The molecule has 1 fully saturated rings. The Morgan fingerprint density at radius 2 is 1.87 bits per heavy atom. The smallest absolute Gasteiger partial charge is 0.227 e. The molecular formula is C25H30FN3O2. The van der Waals surface area contributed by atoms with E-state index in [0.717, 1.165) is 23.5 Å². The fraction of sp³-hybridized carbons (Fsp3) is 0.400. The van der Waals surface area contributed by atoms with E-state index >= 15 is 0 Å². The van der Waals surface area contributed by atoms with E-state index in [4.69, 9.17) is 9.84 Å². The van der Waals surface area contributed by atoms with Crippen LogP contribution in [0.2, 0.25) is 0 Å². The summed E-state index contributed by atoms with van der Waals surface area (Å²) in [6, 6.07) is 16.1. The van der Waals surface area contributed by atoms with Crippen LogP contribution in [0.1, 0.15) is 37.4 Å². The van der Waals surface area contributed by atoms with Gasteiger partial charge in [-0.2, -0.15) is 5.10 Å². The van der Waals surface area contributed by atoms with Crippen LogP contribution in [0.5, 0.6) is 11.6 Å². The number of nitrogens with zero attached hydrogens (tertiary/aromatic N) is 3. The van der Waals surface area contributed by atoms with Crippen molar-refractivity contribution in [2.24, 2.45) is 5.92 Å². The zero-order valence-corrected chi connectivity index (χ0v) is 18.2. The van der Waals surface area contributed by atoms with Gasteiger partial charge in [0.2, 0.25) is 5.88 Å². The molecule has 6 heteroatoms. The molecule has 31 heavy (non-hydrogen) atoms. The molecular weight excluding hydrogens is 393 g/mol. The van der Waals surface area contributed by atoms with Crippen LogP contribution in [0.25, 0.3) is 5.69 Å². The molecule has 0 saturated heterocycles. The van der Waals surface area contributed by atoms with Crippen molar-refractivity contribution in [3.05, 3.63) is 71.7 Å². The summed E-state index contributed by atoms with van der Waals surface area (Å²) in [4.78, 5) is 2.28. The van der Waals surface area contributed by atoms with Gasteiger partial charge in [0.15, 0.2) is 11.6 Å².